The number of carbonyl (C=O) groups excluding carboxylic acids is 1. The van der Waals surface area contributed by atoms with Crippen molar-refractivity contribution in [2.45, 2.75) is 46.6 Å². The zero-order valence-electron chi connectivity index (χ0n) is 12.6. The number of aromatic nitrogens is 4. The van der Waals surface area contributed by atoms with Gasteiger partial charge in [0.1, 0.15) is 5.69 Å². The predicted molar refractivity (Wildman–Crippen MR) is 77.9 cm³/mol. The minimum Gasteiger partial charge on any atom is -0.304 e. The zero-order chi connectivity index (χ0) is 14.9. The van der Waals surface area contributed by atoms with Crippen LogP contribution in [0.3, 0.4) is 0 Å². The summed E-state index contributed by atoms with van der Waals surface area (Å²) in [6.07, 6.45) is 0. The van der Waals surface area contributed by atoms with Crippen molar-refractivity contribution >= 4 is 11.7 Å². The first-order valence-electron chi connectivity index (χ1n) is 6.73. The number of carbonyl (C=O) groups is 1. The van der Waals surface area contributed by atoms with E-state index in [1.54, 1.807) is 10.7 Å². The zero-order valence-corrected chi connectivity index (χ0v) is 12.6. The Bertz CT molecular complexity index is 618. The molecule has 6 heteroatoms. The van der Waals surface area contributed by atoms with E-state index in [9.17, 15) is 4.79 Å². The second kappa shape index (κ2) is 5.11. The van der Waals surface area contributed by atoms with Gasteiger partial charge in [-0.05, 0) is 19.9 Å². The average Bonchev–Trinajstić information content (AvgIpc) is 2.94. The van der Waals surface area contributed by atoms with E-state index in [0.717, 1.165) is 11.4 Å². The second-order valence-electron chi connectivity index (χ2n) is 5.86. The molecule has 0 aliphatic rings. The van der Waals surface area contributed by atoms with Gasteiger partial charge in [-0.1, -0.05) is 20.8 Å². The molecule has 0 saturated carbocycles. The number of rotatable bonds is 3. The van der Waals surface area contributed by atoms with Gasteiger partial charge in [0.2, 0.25) is 0 Å². The molecule has 0 radical (unpaired) electrons. The number of aromatic amines is 1. The van der Waals surface area contributed by atoms with Crippen LogP contribution in [0.1, 0.15) is 49.6 Å². The number of hydrogen-bond acceptors (Lipinski definition) is 3. The Balaban J connectivity index is 2.17. The lowest BCUT2D eigenvalue weighted by Crippen LogP contribution is -2.17. The number of amides is 1. The summed E-state index contributed by atoms with van der Waals surface area (Å²) in [6.45, 7) is 10.7. The van der Waals surface area contributed by atoms with Gasteiger partial charge in [-0.15, -0.1) is 0 Å². The van der Waals surface area contributed by atoms with Gasteiger partial charge in [-0.2, -0.15) is 10.2 Å². The molecule has 0 saturated heterocycles. The maximum Gasteiger partial charge on any atom is 0.275 e. The molecule has 2 rings (SSSR count). The summed E-state index contributed by atoms with van der Waals surface area (Å²) in [4.78, 5) is 12.2. The molecule has 0 aliphatic heterocycles. The fourth-order valence-corrected chi connectivity index (χ4v) is 1.92. The van der Waals surface area contributed by atoms with E-state index in [0.29, 0.717) is 18.1 Å². The van der Waals surface area contributed by atoms with Crippen molar-refractivity contribution in [3.63, 3.8) is 0 Å². The number of H-pyrrole nitrogens is 1. The molecule has 2 heterocycles. The molecule has 20 heavy (non-hydrogen) atoms. The van der Waals surface area contributed by atoms with E-state index in [2.05, 4.69) is 41.4 Å². The van der Waals surface area contributed by atoms with Gasteiger partial charge in [0, 0.05) is 23.7 Å². The topological polar surface area (TPSA) is 75.6 Å². The summed E-state index contributed by atoms with van der Waals surface area (Å²) in [7, 11) is 0. The van der Waals surface area contributed by atoms with Gasteiger partial charge in [-0.3, -0.25) is 14.6 Å². The van der Waals surface area contributed by atoms with Gasteiger partial charge in [0.25, 0.3) is 5.91 Å². The normalized spacial score (nSPS) is 11.7. The Hall–Kier alpha value is -2.11. The van der Waals surface area contributed by atoms with Crippen LogP contribution in [-0.2, 0) is 12.0 Å². The number of hydrogen-bond donors (Lipinski definition) is 2. The first kappa shape index (κ1) is 14.3. The number of aryl methyl sites for hydroxylation is 2. The van der Waals surface area contributed by atoms with Crippen LogP contribution in [0.4, 0.5) is 5.82 Å². The molecule has 108 valence electrons. The van der Waals surface area contributed by atoms with Crippen molar-refractivity contribution in [3.05, 3.63) is 29.2 Å². The lowest BCUT2D eigenvalue weighted by atomic mass is 9.92. The van der Waals surface area contributed by atoms with Gasteiger partial charge in [0.15, 0.2) is 5.82 Å². The smallest absolute Gasteiger partial charge is 0.275 e. The minimum absolute atomic E-state index is 0.0300. The molecule has 0 aliphatic carbocycles. The van der Waals surface area contributed by atoms with Crippen LogP contribution >= 0.6 is 0 Å². The highest BCUT2D eigenvalue weighted by Crippen LogP contribution is 2.22. The van der Waals surface area contributed by atoms with Crippen LogP contribution in [0.15, 0.2) is 12.1 Å². The van der Waals surface area contributed by atoms with Crippen molar-refractivity contribution in [1.82, 2.24) is 20.0 Å². The molecule has 2 N–H and O–H groups in total. The van der Waals surface area contributed by atoms with Crippen LogP contribution in [-0.4, -0.2) is 25.9 Å². The van der Waals surface area contributed by atoms with Crippen LogP contribution in [0, 0.1) is 6.92 Å². The SMILES string of the molecule is CCn1nc(C)cc1C(=O)Nc1cc(C(C)(C)C)[nH]n1. The highest BCUT2D eigenvalue weighted by atomic mass is 16.2. The first-order chi connectivity index (χ1) is 9.31. The Morgan fingerprint density at radius 3 is 2.65 bits per heavy atom. The summed E-state index contributed by atoms with van der Waals surface area (Å²) in [6, 6.07) is 3.63. The molecule has 0 bridgehead atoms. The molecule has 0 spiro atoms. The maximum absolute atomic E-state index is 12.2. The number of nitrogens with one attached hydrogen (secondary N) is 2. The molecule has 2 aromatic rings. The molecule has 0 atom stereocenters. The van der Waals surface area contributed by atoms with Gasteiger partial charge in [-0.25, -0.2) is 0 Å². The molecular weight excluding hydrogens is 254 g/mol. The molecule has 0 aromatic carbocycles. The minimum atomic E-state index is -0.195. The van der Waals surface area contributed by atoms with Crippen molar-refractivity contribution in [2.24, 2.45) is 0 Å². The van der Waals surface area contributed by atoms with Crippen LogP contribution < -0.4 is 5.32 Å². The first-order valence-corrected chi connectivity index (χ1v) is 6.73. The van der Waals surface area contributed by atoms with Crippen LogP contribution in [0.25, 0.3) is 0 Å². The van der Waals surface area contributed by atoms with E-state index in [1.165, 1.54) is 0 Å². The van der Waals surface area contributed by atoms with E-state index < -0.39 is 0 Å². The van der Waals surface area contributed by atoms with Crippen molar-refractivity contribution in [1.29, 1.82) is 0 Å². The predicted octanol–water partition coefficient (Wildman–Crippen LogP) is 2.48. The summed E-state index contributed by atoms with van der Waals surface area (Å²) in [5.74, 6) is 0.334. The third-order valence-electron chi connectivity index (χ3n) is 3.06. The van der Waals surface area contributed by atoms with Crippen molar-refractivity contribution in [2.75, 3.05) is 5.32 Å². The highest BCUT2D eigenvalue weighted by molar-refractivity contribution is 6.02. The third-order valence-corrected chi connectivity index (χ3v) is 3.06. The van der Waals surface area contributed by atoms with E-state index >= 15 is 0 Å². The second-order valence-corrected chi connectivity index (χ2v) is 5.86. The maximum atomic E-state index is 12.2. The van der Waals surface area contributed by atoms with Gasteiger partial charge in [0.05, 0.1) is 5.69 Å². The Labute approximate surface area is 118 Å². The van der Waals surface area contributed by atoms with Crippen molar-refractivity contribution in [3.8, 4) is 0 Å². The summed E-state index contributed by atoms with van der Waals surface area (Å²) in [5.41, 5.74) is 2.32. The molecule has 6 nitrogen and oxygen atoms in total. The van der Waals surface area contributed by atoms with E-state index in [-0.39, 0.29) is 11.3 Å². The summed E-state index contributed by atoms with van der Waals surface area (Å²) >= 11 is 0. The number of anilines is 1. The quantitative estimate of drug-likeness (QED) is 0.903. The van der Waals surface area contributed by atoms with Crippen LogP contribution in [0.2, 0.25) is 0 Å². The highest BCUT2D eigenvalue weighted by Gasteiger charge is 2.19. The monoisotopic (exact) mass is 275 g/mol. The number of nitrogens with zero attached hydrogens (tertiary/aromatic N) is 3. The Morgan fingerprint density at radius 1 is 1.40 bits per heavy atom. The Morgan fingerprint density at radius 2 is 2.10 bits per heavy atom. The van der Waals surface area contributed by atoms with Crippen LogP contribution in [0.5, 0.6) is 0 Å². The fourth-order valence-electron chi connectivity index (χ4n) is 1.92. The van der Waals surface area contributed by atoms with Crippen molar-refractivity contribution < 1.29 is 4.79 Å². The standard InChI is InChI=1S/C14H21N5O/c1-6-19-10(7-9(2)18-19)13(20)15-12-8-11(16-17-12)14(3,4)5/h7-8H,6H2,1-5H3,(H2,15,16,17,20). The summed E-state index contributed by atoms with van der Waals surface area (Å²) in [5, 5.41) is 14.1. The lowest BCUT2D eigenvalue weighted by Gasteiger charge is -2.14. The third kappa shape index (κ3) is 2.89. The van der Waals surface area contributed by atoms with Gasteiger partial charge < -0.3 is 5.32 Å². The molecule has 1 amide bonds. The largest absolute Gasteiger partial charge is 0.304 e. The molecular formula is C14H21N5O. The van der Waals surface area contributed by atoms with E-state index in [4.69, 9.17) is 0 Å². The van der Waals surface area contributed by atoms with Gasteiger partial charge >= 0.3 is 0 Å². The molecule has 2 aromatic heterocycles. The average molecular weight is 275 g/mol. The molecule has 0 unspecified atom stereocenters. The lowest BCUT2D eigenvalue weighted by molar-refractivity contribution is 0.101. The van der Waals surface area contributed by atoms with E-state index in [1.807, 2.05) is 19.9 Å². The molecule has 0 fully saturated rings. The summed E-state index contributed by atoms with van der Waals surface area (Å²) < 4.78 is 1.68. The Kier molecular flexibility index (Phi) is 3.65. The fraction of sp³-hybridized carbons (Fsp3) is 0.500.